The van der Waals surface area contributed by atoms with Crippen molar-refractivity contribution in [3.8, 4) is 0 Å². The summed E-state index contributed by atoms with van der Waals surface area (Å²) in [5.41, 5.74) is 2.45. The van der Waals surface area contributed by atoms with Crippen LogP contribution in [0.1, 0.15) is 51.9 Å². The van der Waals surface area contributed by atoms with Crippen molar-refractivity contribution in [1.29, 1.82) is 0 Å². The van der Waals surface area contributed by atoms with Crippen LogP contribution in [0.25, 0.3) is 0 Å². The predicted octanol–water partition coefficient (Wildman–Crippen LogP) is 4.78. The molecule has 0 radical (unpaired) electrons. The van der Waals surface area contributed by atoms with Crippen molar-refractivity contribution in [2.45, 2.75) is 51.9 Å². The highest BCUT2D eigenvalue weighted by Crippen LogP contribution is 2.54. The lowest BCUT2D eigenvalue weighted by Gasteiger charge is -2.15. The van der Waals surface area contributed by atoms with Gasteiger partial charge >= 0.3 is 0 Å². The van der Waals surface area contributed by atoms with Crippen LogP contribution < -0.4 is 0 Å². The van der Waals surface area contributed by atoms with Crippen molar-refractivity contribution < 1.29 is 4.39 Å². The molecule has 0 aromatic carbocycles. The molecular formula is C15H21F. The summed E-state index contributed by atoms with van der Waals surface area (Å²) in [4.78, 5) is 0. The molecular weight excluding hydrogens is 199 g/mol. The topological polar surface area (TPSA) is 0 Å². The first-order chi connectivity index (χ1) is 7.78. The van der Waals surface area contributed by atoms with Crippen LogP contribution in [-0.4, -0.2) is 0 Å². The first kappa shape index (κ1) is 10.6. The zero-order valence-electron chi connectivity index (χ0n) is 10.1. The van der Waals surface area contributed by atoms with Gasteiger partial charge in [0.25, 0.3) is 0 Å². The maximum Gasteiger partial charge on any atom is 0.122 e. The zero-order chi connectivity index (χ0) is 11.1. The van der Waals surface area contributed by atoms with Gasteiger partial charge in [0.15, 0.2) is 0 Å². The Balaban J connectivity index is 1.64. The first-order valence-electron chi connectivity index (χ1n) is 6.86. The maximum absolute atomic E-state index is 13.9. The molecule has 3 rings (SSSR count). The van der Waals surface area contributed by atoms with Gasteiger partial charge < -0.3 is 0 Å². The van der Waals surface area contributed by atoms with Crippen LogP contribution in [0.4, 0.5) is 4.39 Å². The molecule has 1 heteroatoms. The molecule has 0 aromatic heterocycles. The van der Waals surface area contributed by atoms with Crippen LogP contribution in [0, 0.1) is 17.8 Å². The standard InChI is InChI=1S/C15H21F/c1-2-10-5-6-13(15(16)8-10)14-9-12(14)7-11-3-4-11/h8,11-12,14H,2-7,9H2,1H3. The van der Waals surface area contributed by atoms with E-state index in [0.717, 1.165) is 36.7 Å². The minimum Gasteiger partial charge on any atom is -0.207 e. The fourth-order valence-electron chi connectivity index (χ4n) is 3.12. The summed E-state index contributed by atoms with van der Waals surface area (Å²) in [6.45, 7) is 2.12. The van der Waals surface area contributed by atoms with Crippen molar-refractivity contribution >= 4 is 0 Å². The van der Waals surface area contributed by atoms with E-state index in [-0.39, 0.29) is 5.83 Å². The van der Waals surface area contributed by atoms with Crippen molar-refractivity contribution in [3.05, 3.63) is 23.0 Å². The Morgan fingerprint density at radius 3 is 2.75 bits per heavy atom. The number of halogens is 1. The minimum absolute atomic E-state index is 0.117. The molecule has 2 saturated carbocycles. The van der Waals surface area contributed by atoms with Crippen molar-refractivity contribution in [2.75, 3.05) is 0 Å². The lowest BCUT2D eigenvalue weighted by atomic mass is 9.92. The highest BCUT2D eigenvalue weighted by atomic mass is 19.1. The van der Waals surface area contributed by atoms with Gasteiger partial charge in [0.05, 0.1) is 0 Å². The molecule has 3 aliphatic rings. The molecule has 0 aromatic rings. The van der Waals surface area contributed by atoms with Crippen molar-refractivity contribution in [1.82, 2.24) is 0 Å². The molecule has 3 aliphatic carbocycles. The molecule has 2 unspecified atom stereocenters. The average molecular weight is 220 g/mol. The van der Waals surface area contributed by atoms with Crippen LogP contribution in [0.5, 0.6) is 0 Å². The molecule has 88 valence electrons. The van der Waals surface area contributed by atoms with E-state index in [1.807, 2.05) is 6.08 Å². The van der Waals surface area contributed by atoms with Crippen molar-refractivity contribution in [3.63, 3.8) is 0 Å². The minimum atomic E-state index is 0.117. The second-order valence-corrected chi connectivity index (χ2v) is 5.81. The Bertz CT molecular complexity index is 346. The maximum atomic E-state index is 13.9. The predicted molar refractivity (Wildman–Crippen MR) is 64.7 cm³/mol. The lowest BCUT2D eigenvalue weighted by molar-refractivity contribution is 0.573. The summed E-state index contributed by atoms with van der Waals surface area (Å²) < 4.78 is 13.9. The van der Waals surface area contributed by atoms with Gasteiger partial charge in [-0.1, -0.05) is 25.3 Å². The fraction of sp³-hybridized carbons (Fsp3) is 0.733. The molecule has 0 spiro atoms. The summed E-state index contributed by atoms with van der Waals surface area (Å²) in [7, 11) is 0. The van der Waals surface area contributed by atoms with E-state index in [4.69, 9.17) is 0 Å². The lowest BCUT2D eigenvalue weighted by Crippen LogP contribution is -2.00. The molecule has 0 saturated heterocycles. The van der Waals surface area contributed by atoms with Gasteiger partial charge in [0.2, 0.25) is 0 Å². The number of hydrogen-bond donors (Lipinski definition) is 0. The molecule has 0 N–H and O–H groups in total. The molecule has 16 heavy (non-hydrogen) atoms. The van der Waals surface area contributed by atoms with E-state index in [0.29, 0.717) is 5.92 Å². The summed E-state index contributed by atoms with van der Waals surface area (Å²) in [6.07, 6.45) is 10.4. The van der Waals surface area contributed by atoms with Gasteiger partial charge in [-0.05, 0) is 61.5 Å². The van der Waals surface area contributed by atoms with E-state index in [1.54, 1.807) is 0 Å². The van der Waals surface area contributed by atoms with E-state index in [9.17, 15) is 4.39 Å². The smallest absolute Gasteiger partial charge is 0.122 e. The van der Waals surface area contributed by atoms with Gasteiger partial charge in [-0.25, -0.2) is 4.39 Å². The number of rotatable bonds is 4. The third-order valence-electron chi connectivity index (χ3n) is 4.51. The van der Waals surface area contributed by atoms with Crippen LogP contribution in [0.3, 0.4) is 0 Å². The average Bonchev–Trinajstić information content (AvgIpc) is 3.17. The van der Waals surface area contributed by atoms with Gasteiger partial charge in [-0.2, -0.15) is 0 Å². The molecule has 0 amide bonds. The van der Waals surface area contributed by atoms with Gasteiger partial charge in [0, 0.05) is 0 Å². The number of hydrogen-bond acceptors (Lipinski definition) is 0. The van der Waals surface area contributed by atoms with E-state index in [1.165, 1.54) is 31.3 Å². The van der Waals surface area contributed by atoms with Gasteiger partial charge in [-0.3, -0.25) is 0 Å². The zero-order valence-corrected chi connectivity index (χ0v) is 10.1. The summed E-state index contributed by atoms with van der Waals surface area (Å²) in [6, 6.07) is 0. The van der Waals surface area contributed by atoms with Crippen LogP contribution in [0.15, 0.2) is 23.0 Å². The van der Waals surface area contributed by atoms with Gasteiger partial charge in [-0.15, -0.1) is 0 Å². The van der Waals surface area contributed by atoms with Gasteiger partial charge in [0.1, 0.15) is 5.83 Å². The third kappa shape index (κ3) is 2.09. The Morgan fingerprint density at radius 2 is 2.12 bits per heavy atom. The molecule has 0 bridgehead atoms. The van der Waals surface area contributed by atoms with E-state index >= 15 is 0 Å². The highest BCUT2D eigenvalue weighted by Gasteiger charge is 2.43. The molecule has 0 heterocycles. The largest absolute Gasteiger partial charge is 0.207 e. The second kappa shape index (κ2) is 4.01. The Labute approximate surface area is 97.6 Å². The van der Waals surface area contributed by atoms with Crippen molar-refractivity contribution in [2.24, 2.45) is 17.8 Å². The molecule has 0 aliphatic heterocycles. The normalized spacial score (nSPS) is 34.0. The Morgan fingerprint density at radius 1 is 1.31 bits per heavy atom. The summed E-state index contributed by atoms with van der Waals surface area (Å²) in [5, 5.41) is 0. The Kier molecular flexibility index (Phi) is 2.65. The van der Waals surface area contributed by atoms with Crippen LogP contribution >= 0.6 is 0 Å². The highest BCUT2D eigenvalue weighted by molar-refractivity contribution is 5.33. The molecule has 0 nitrogen and oxygen atoms in total. The fourth-order valence-corrected chi connectivity index (χ4v) is 3.12. The summed E-state index contributed by atoms with van der Waals surface area (Å²) in [5.74, 6) is 2.58. The van der Waals surface area contributed by atoms with Crippen LogP contribution in [0.2, 0.25) is 0 Å². The Hall–Kier alpha value is -0.590. The quantitative estimate of drug-likeness (QED) is 0.639. The van der Waals surface area contributed by atoms with E-state index in [2.05, 4.69) is 6.92 Å². The first-order valence-corrected chi connectivity index (χ1v) is 6.86. The summed E-state index contributed by atoms with van der Waals surface area (Å²) >= 11 is 0. The number of allylic oxidation sites excluding steroid dienone is 4. The molecule has 2 fully saturated rings. The monoisotopic (exact) mass is 220 g/mol. The second-order valence-electron chi connectivity index (χ2n) is 5.81. The van der Waals surface area contributed by atoms with E-state index < -0.39 is 0 Å². The van der Waals surface area contributed by atoms with Crippen LogP contribution in [-0.2, 0) is 0 Å². The molecule has 2 atom stereocenters. The SMILES string of the molecule is CCC1=CC(F)=C(C2CC2CC2CC2)CC1. The third-order valence-corrected chi connectivity index (χ3v) is 4.51.